The van der Waals surface area contributed by atoms with Gasteiger partial charge in [-0.3, -0.25) is 0 Å². The van der Waals surface area contributed by atoms with E-state index in [2.05, 4.69) is 20.8 Å². The van der Waals surface area contributed by atoms with E-state index in [1.54, 1.807) is 0 Å². The van der Waals surface area contributed by atoms with Gasteiger partial charge in [0.25, 0.3) is 8.32 Å². The van der Waals surface area contributed by atoms with Crippen molar-refractivity contribution in [2.75, 3.05) is 0 Å². The Labute approximate surface area is 142 Å². The number of carboxylic acid groups (broad SMARTS) is 1. The Balaban J connectivity index is 4.13. The van der Waals surface area contributed by atoms with Gasteiger partial charge in [0, 0.05) is 12.2 Å². The fraction of sp³-hybridized carbons (Fsp3) is 0.778. The van der Waals surface area contributed by atoms with Gasteiger partial charge in [-0.1, -0.05) is 72.1 Å². The third-order valence-corrected chi connectivity index (χ3v) is 8.93. The van der Waals surface area contributed by atoms with E-state index in [0.717, 1.165) is 36.7 Å². The van der Waals surface area contributed by atoms with Gasteiger partial charge in [-0.2, -0.15) is 0 Å². The molecule has 0 fully saturated rings. The second-order valence-electron chi connectivity index (χ2n) is 6.21. The zero-order chi connectivity index (χ0) is 17.6. The maximum absolute atomic E-state index is 11.8. The fourth-order valence-electron chi connectivity index (χ4n) is 2.77. The molecule has 0 aliphatic carbocycles. The highest BCUT2D eigenvalue weighted by Crippen LogP contribution is 2.26. The molecule has 0 aliphatic rings. The Hall–Kier alpha value is -1.10. The summed E-state index contributed by atoms with van der Waals surface area (Å²) < 4.78 is 5.70. The summed E-state index contributed by atoms with van der Waals surface area (Å²) in [7, 11) is -2.05. The Kier molecular flexibility index (Phi) is 12.7. The number of aliphatic carboxylic acids is 1. The topological polar surface area (TPSA) is 63.6 Å². The Morgan fingerprint density at radius 1 is 0.870 bits per heavy atom. The van der Waals surface area contributed by atoms with Crippen molar-refractivity contribution in [3.8, 4) is 0 Å². The largest absolute Gasteiger partial charge is 0.516 e. The van der Waals surface area contributed by atoms with Crippen LogP contribution in [0.5, 0.6) is 0 Å². The lowest BCUT2D eigenvalue weighted by Crippen LogP contribution is -2.38. The standard InChI is InChI=1S/C18H34O4Si/c1-4-7-8-9-10-11-12-13-16-23(5-2,6-3)22-18(21)15-14-17(19)20/h14-15H,4-13,16H2,1-3H3,(H,19,20)/b15-14-. The minimum atomic E-state index is -2.05. The van der Waals surface area contributed by atoms with Gasteiger partial charge in [0.05, 0.1) is 0 Å². The van der Waals surface area contributed by atoms with E-state index in [1.165, 1.54) is 44.9 Å². The highest BCUT2D eigenvalue weighted by molar-refractivity contribution is 6.75. The highest BCUT2D eigenvalue weighted by Gasteiger charge is 2.33. The summed E-state index contributed by atoms with van der Waals surface area (Å²) in [4.78, 5) is 22.2. The van der Waals surface area contributed by atoms with Gasteiger partial charge in [-0.05, 0) is 18.1 Å². The SMILES string of the molecule is CCCCCCCCCC[Si](CC)(CC)OC(=O)/C=C\C(=O)O. The quantitative estimate of drug-likeness (QED) is 0.264. The predicted molar refractivity (Wildman–Crippen MR) is 97.0 cm³/mol. The van der Waals surface area contributed by atoms with E-state index >= 15 is 0 Å². The minimum Gasteiger partial charge on any atom is -0.516 e. The van der Waals surface area contributed by atoms with Crippen molar-refractivity contribution >= 4 is 20.3 Å². The minimum absolute atomic E-state index is 0.498. The van der Waals surface area contributed by atoms with E-state index in [-0.39, 0.29) is 0 Å². The van der Waals surface area contributed by atoms with Gasteiger partial charge in [0.15, 0.2) is 0 Å². The van der Waals surface area contributed by atoms with Crippen LogP contribution in [0.15, 0.2) is 12.2 Å². The first kappa shape index (κ1) is 21.9. The maximum atomic E-state index is 11.8. The average Bonchev–Trinajstić information content (AvgIpc) is 2.54. The summed E-state index contributed by atoms with van der Waals surface area (Å²) in [6.45, 7) is 6.38. The van der Waals surface area contributed by atoms with Gasteiger partial charge >= 0.3 is 11.9 Å². The first-order chi connectivity index (χ1) is 11.0. The van der Waals surface area contributed by atoms with E-state index < -0.39 is 20.3 Å². The zero-order valence-corrected chi connectivity index (χ0v) is 16.1. The number of rotatable bonds is 14. The molecule has 5 heteroatoms. The van der Waals surface area contributed by atoms with Gasteiger partial charge in [0.1, 0.15) is 0 Å². The van der Waals surface area contributed by atoms with Crippen molar-refractivity contribution in [2.24, 2.45) is 0 Å². The van der Waals surface area contributed by atoms with Crippen molar-refractivity contribution in [3.05, 3.63) is 12.2 Å². The van der Waals surface area contributed by atoms with Crippen LogP contribution in [0, 0.1) is 0 Å². The van der Waals surface area contributed by atoms with E-state index in [0.29, 0.717) is 0 Å². The van der Waals surface area contributed by atoms with Crippen LogP contribution in [0.2, 0.25) is 18.1 Å². The second-order valence-corrected chi connectivity index (χ2v) is 10.7. The molecular weight excluding hydrogens is 308 g/mol. The molecule has 0 saturated heterocycles. The lowest BCUT2D eigenvalue weighted by molar-refractivity contribution is -0.133. The van der Waals surface area contributed by atoms with E-state index in [4.69, 9.17) is 9.53 Å². The van der Waals surface area contributed by atoms with Crippen LogP contribution in [0.3, 0.4) is 0 Å². The van der Waals surface area contributed by atoms with Crippen molar-refractivity contribution < 1.29 is 19.1 Å². The van der Waals surface area contributed by atoms with Crippen molar-refractivity contribution in [1.29, 1.82) is 0 Å². The average molecular weight is 343 g/mol. The lowest BCUT2D eigenvalue weighted by atomic mass is 10.1. The Morgan fingerprint density at radius 3 is 1.87 bits per heavy atom. The summed E-state index contributed by atoms with van der Waals surface area (Å²) in [5.74, 6) is -1.62. The number of carboxylic acids is 1. The number of unbranched alkanes of at least 4 members (excludes halogenated alkanes) is 7. The van der Waals surface area contributed by atoms with Crippen LogP contribution in [0.4, 0.5) is 0 Å². The molecule has 0 atom stereocenters. The van der Waals surface area contributed by atoms with Gasteiger partial charge in [-0.25, -0.2) is 9.59 Å². The van der Waals surface area contributed by atoms with Gasteiger partial charge in [-0.15, -0.1) is 0 Å². The zero-order valence-electron chi connectivity index (χ0n) is 15.1. The van der Waals surface area contributed by atoms with Crippen molar-refractivity contribution in [3.63, 3.8) is 0 Å². The van der Waals surface area contributed by atoms with Crippen LogP contribution < -0.4 is 0 Å². The van der Waals surface area contributed by atoms with Gasteiger partial charge < -0.3 is 9.53 Å². The summed E-state index contributed by atoms with van der Waals surface area (Å²) in [6, 6.07) is 2.78. The van der Waals surface area contributed by atoms with Crippen LogP contribution in [0.1, 0.15) is 72.1 Å². The predicted octanol–water partition coefficient (Wildman–Crippen LogP) is 5.30. The van der Waals surface area contributed by atoms with Crippen LogP contribution in [0.25, 0.3) is 0 Å². The molecule has 134 valence electrons. The molecular formula is C18H34O4Si. The number of carbonyl (C=O) groups is 2. The Morgan fingerprint density at radius 2 is 1.39 bits per heavy atom. The molecule has 4 nitrogen and oxygen atoms in total. The first-order valence-electron chi connectivity index (χ1n) is 9.13. The smallest absolute Gasteiger partial charge is 0.328 e. The molecule has 0 radical (unpaired) electrons. The molecule has 1 N–H and O–H groups in total. The summed E-state index contributed by atoms with van der Waals surface area (Å²) in [5.41, 5.74) is 0. The van der Waals surface area contributed by atoms with Gasteiger partial charge in [0.2, 0.25) is 0 Å². The lowest BCUT2D eigenvalue weighted by Gasteiger charge is -2.28. The van der Waals surface area contributed by atoms with E-state index in [9.17, 15) is 9.59 Å². The second kappa shape index (κ2) is 13.3. The molecule has 0 aromatic carbocycles. The van der Waals surface area contributed by atoms with E-state index in [1.807, 2.05) is 0 Å². The van der Waals surface area contributed by atoms with Crippen LogP contribution >= 0.6 is 0 Å². The number of hydrogen-bond acceptors (Lipinski definition) is 3. The third kappa shape index (κ3) is 11.1. The molecule has 0 aromatic heterocycles. The fourth-order valence-corrected chi connectivity index (χ4v) is 5.75. The molecule has 23 heavy (non-hydrogen) atoms. The molecule has 0 unspecified atom stereocenters. The van der Waals surface area contributed by atoms with Crippen LogP contribution in [-0.2, 0) is 14.0 Å². The molecule has 0 aliphatic heterocycles. The summed E-state index contributed by atoms with van der Waals surface area (Å²) in [5, 5.41) is 8.57. The van der Waals surface area contributed by atoms with Crippen LogP contribution in [-0.4, -0.2) is 25.4 Å². The maximum Gasteiger partial charge on any atom is 0.328 e. The molecule has 0 saturated carbocycles. The highest BCUT2D eigenvalue weighted by atomic mass is 28.4. The molecule has 0 heterocycles. The van der Waals surface area contributed by atoms with Crippen molar-refractivity contribution in [2.45, 2.75) is 90.3 Å². The van der Waals surface area contributed by atoms with Crippen molar-refractivity contribution in [1.82, 2.24) is 0 Å². The normalized spacial score (nSPS) is 11.8. The molecule has 0 bridgehead atoms. The monoisotopic (exact) mass is 342 g/mol. The molecule has 0 amide bonds. The molecule has 0 aromatic rings. The first-order valence-corrected chi connectivity index (χ1v) is 11.7. The molecule has 0 rings (SSSR count). The molecule has 0 spiro atoms. The third-order valence-electron chi connectivity index (χ3n) is 4.45. The number of hydrogen-bond donors (Lipinski definition) is 1. The summed E-state index contributed by atoms with van der Waals surface area (Å²) >= 11 is 0. The summed E-state index contributed by atoms with van der Waals surface area (Å²) in [6.07, 6.45) is 12.0. The Bertz CT molecular complexity index is 362. The number of carbonyl (C=O) groups excluding carboxylic acids is 1.